The van der Waals surface area contributed by atoms with E-state index >= 15 is 0 Å². The summed E-state index contributed by atoms with van der Waals surface area (Å²) in [4.78, 5) is 30.9. The molecule has 0 radical (unpaired) electrons. The molecular formula is C19H27N3O8S. The third-order valence-electron chi connectivity index (χ3n) is 5.57. The number of carbonyl (C=O) groups is 2. The minimum absolute atomic E-state index is 0.102. The van der Waals surface area contributed by atoms with E-state index in [9.17, 15) is 18.5 Å². The van der Waals surface area contributed by atoms with Crippen molar-refractivity contribution in [3.8, 4) is 0 Å². The van der Waals surface area contributed by atoms with Crippen molar-refractivity contribution in [1.82, 2.24) is 9.21 Å². The largest absolute Gasteiger partial charge is 0.473 e. The van der Waals surface area contributed by atoms with Crippen LogP contribution in [0.25, 0.3) is 0 Å². The molecule has 2 aliphatic rings. The molecule has 1 heterocycles. The molecule has 31 heavy (non-hydrogen) atoms. The van der Waals surface area contributed by atoms with Crippen molar-refractivity contribution >= 4 is 27.6 Å². The number of benzene rings is 1. The molecular weight excluding hydrogens is 430 g/mol. The molecule has 0 bridgehead atoms. The minimum Gasteiger partial charge on any atom is -0.473 e. The number of carboxylic acid groups (broad SMARTS) is 2. The van der Waals surface area contributed by atoms with E-state index in [2.05, 4.69) is 11.8 Å². The van der Waals surface area contributed by atoms with Gasteiger partial charge in [0.15, 0.2) is 0 Å². The predicted molar refractivity (Wildman–Crippen MR) is 110 cm³/mol. The SMILES string of the molecule is CC1CCCC(N2CCN(S(=O)(=O)c3ccc([N+](=O)[O-])cc3)CC2)C1.O=C(O)C(=O)O. The molecule has 1 aliphatic heterocycles. The summed E-state index contributed by atoms with van der Waals surface area (Å²) in [5.41, 5.74) is -0.102. The first-order valence-corrected chi connectivity index (χ1v) is 11.4. The van der Waals surface area contributed by atoms with Gasteiger partial charge in [-0.15, -0.1) is 0 Å². The molecule has 2 unspecified atom stereocenters. The molecule has 1 aromatic carbocycles. The van der Waals surface area contributed by atoms with E-state index in [1.54, 1.807) is 0 Å². The Kier molecular flexibility index (Phi) is 8.48. The topological polar surface area (TPSA) is 158 Å². The smallest absolute Gasteiger partial charge is 0.414 e. The van der Waals surface area contributed by atoms with E-state index in [1.807, 2.05) is 0 Å². The third kappa shape index (κ3) is 6.71. The Labute approximate surface area is 180 Å². The predicted octanol–water partition coefficient (Wildman–Crippen LogP) is 1.64. The molecule has 2 N–H and O–H groups in total. The lowest BCUT2D eigenvalue weighted by Gasteiger charge is -2.41. The van der Waals surface area contributed by atoms with Gasteiger partial charge in [0.25, 0.3) is 5.69 Å². The maximum absolute atomic E-state index is 12.7. The Morgan fingerprint density at radius 1 is 1.03 bits per heavy atom. The van der Waals surface area contributed by atoms with E-state index in [0.29, 0.717) is 19.1 Å². The summed E-state index contributed by atoms with van der Waals surface area (Å²) in [5.74, 6) is -2.90. The zero-order chi connectivity index (χ0) is 23.2. The summed E-state index contributed by atoms with van der Waals surface area (Å²) in [6.07, 6.45) is 4.96. The number of piperazine rings is 1. The van der Waals surface area contributed by atoms with Gasteiger partial charge >= 0.3 is 11.9 Å². The third-order valence-corrected chi connectivity index (χ3v) is 7.48. The van der Waals surface area contributed by atoms with Crippen molar-refractivity contribution < 1.29 is 33.1 Å². The quantitative estimate of drug-likeness (QED) is 0.389. The summed E-state index contributed by atoms with van der Waals surface area (Å²) in [6, 6.07) is 5.71. The molecule has 11 nitrogen and oxygen atoms in total. The Morgan fingerprint density at radius 2 is 1.58 bits per heavy atom. The molecule has 3 rings (SSSR count). The number of non-ortho nitro benzene ring substituents is 1. The zero-order valence-corrected chi connectivity index (χ0v) is 18.0. The fraction of sp³-hybridized carbons (Fsp3) is 0.579. The van der Waals surface area contributed by atoms with Crippen LogP contribution in [0.15, 0.2) is 29.2 Å². The second kappa shape index (κ2) is 10.6. The number of carboxylic acids is 2. The van der Waals surface area contributed by atoms with Crippen LogP contribution in [0.3, 0.4) is 0 Å². The van der Waals surface area contributed by atoms with Crippen LogP contribution >= 0.6 is 0 Å². The molecule has 12 heteroatoms. The van der Waals surface area contributed by atoms with Crippen LogP contribution in [0.5, 0.6) is 0 Å². The van der Waals surface area contributed by atoms with E-state index in [-0.39, 0.29) is 10.6 Å². The summed E-state index contributed by atoms with van der Waals surface area (Å²) in [5, 5.41) is 25.5. The van der Waals surface area contributed by atoms with Crippen molar-refractivity contribution in [2.75, 3.05) is 26.2 Å². The van der Waals surface area contributed by atoms with E-state index in [0.717, 1.165) is 19.0 Å². The monoisotopic (exact) mass is 457 g/mol. The highest BCUT2D eigenvalue weighted by Gasteiger charge is 2.32. The molecule has 0 aromatic heterocycles. The Bertz CT molecular complexity index is 883. The second-order valence-corrected chi connectivity index (χ2v) is 9.66. The van der Waals surface area contributed by atoms with Crippen LogP contribution in [0.4, 0.5) is 5.69 Å². The normalized spacial score (nSPS) is 22.7. The van der Waals surface area contributed by atoms with Gasteiger partial charge in [0.1, 0.15) is 0 Å². The van der Waals surface area contributed by atoms with E-state index in [1.165, 1.54) is 54.3 Å². The number of hydrogen-bond donors (Lipinski definition) is 2. The van der Waals surface area contributed by atoms with E-state index in [4.69, 9.17) is 19.8 Å². The van der Waals surface area contributed by atoms with Gasteiger partial charge in [-0.3, -0.25) is 15.0 Å². The van der Waals surface area contributed by atoms with Crippen molar-refractivity contribution in [1.29, 1.82) is 0 Å². The highest BCUT2D eigenvalue weighted by atomic mass is 32.2. The van der Waals surface area contributed by atoms with Crippen LogP contribution in [0.2, 0.25) is 0 Å². The Morgan fingerprint density at radius 3 is 2.03 bits per heavy atom. The van der Waals surface area contributed by atoms with Gasteiger partial charge in [-0.2, -0.15) is 4.31 Å². The second-order valence-electron chi connectivity index (χ2n) is 7.73. The van der Waals surface area contributed by atoms with Crippen LogP contribution in [-0.2, 0) is 19.6 Å². The molecule has 2 fully saturated rings. The van der Waals surface area contributed by atoms with Crippen molar-refractivity contribution in [2.45, 2.75) is 43.5 Å². The Balaban J connectivity index is 0.000000501. The summed E-state index contributed by atoms with van der Waals surface area (Å²) >= 11 is 0. The van der Waals surface area contributed by atoms with E-state index < -0.39 is 26.9 Å². The summed E-state index contributed by atoms with van der Waals surface area (Å²) in [6.45, 7) is 4.75. The van der Waals surface area contributed by atoms with Crippen LogP contribution in [-0.4, -0.2) is 76.9 Å². The number of nitro groups is 1. The van der Waals surface area contributed by atoms with Gasteiger partial charge in [-0.1, -0.05) is 19.8 Å². The average molecular weight is 458 g/mol. The molecule has 172 valence electrons. The maximum atomic E-state index is 12.7. The lowest BCUT2D eigenvalue weighted by atomic mass is 9.86. The molecule has 0 spiro atoms. The summed E-state index contributed by atoms with van der Waals surface area (Å²) < 4.78 is 27.0. The molecule has 1 saturated heterocycles. The minimum atomic E-state index is -3.59. The van der Waals surface area contributed by atoms with Crippen LogP contribution in [0.1, 0.15) is 32.6 Å². The highest BCUT2D eigenvalue weighted by molar-refractivity contribution is 7.89. The molecule has 2 atom stereocenters. The van der Waals surface area contributed by atoms with Crippen molar-refractivity contribution in [2.24, 2.45) is 5.92 Å². The first kappa shape index (κ1) is 24.7. The van der Waals surface area contributed by atoms with Gasteiger partial charge in [-0.05, 0) is 30.9 Å². The number of aliphatic carboxylic acids is 2. The van der Waals surface area contributed by atoms with Gasteiger partial charge in [0.05, 0.1) is 9.82 Å². The number of nitrogens with zero attached hydrogens (tertiary/aromatic N) is 3. The van der Waals surface area contributed by atoms with Crippen molar-refractivity contribution in [3.63, 3.8) is 0 Å². The number of nitro benzene ring substituents is 1. The fourth-order valence-corrected chi connectivity index (χ4v) is 5.35. The van der Waals surface area contributed by atoms with Gasteiger partial charge < -0.3 is 10.2 Å². The van der Waals surface area contributed by atoms with Gasteiger partial charge in [-0.25, -0.2) is 18.0 Å². The number of hydrogen-bond acceptors (Lipinski definition) is 7. The molecule has 1 aliphatic carbocycles. The zero-order valence-electron chi connectivity index (χ0n) is 17.2. The fourth-order valence-electron chi connectivity index (χ4n) is 3.93. The first-order valence-electron chi connectivity index (χ1n) is 9.97. The summed E-state index contributed by atoms with van der Waals surface area (Å²) in [7, 11) is -3.59. The number of sulfonamides is 1. The number of rotatable bonds is 4. The highest BCUT2D eigenvalue weighted by Crippen LogP contribution is 2.29. The maximum Gasteiger partial charge on any atom is 0.414 e. The first-order chi connectivity index (χ1) is 14.5. The van der Waals surface area contributed by atoms with Gasteiger partial charge in [0.2, 0.25) is 10.0 Å². The molecule has 1 saturated carbocycles. The lowest BCUT2D eigenvalue weighted by molar-refractivity contribution is -0.384. The standard InChI is InChI=1S/C17H25N3O4S.C2H2O4/c1-14-3-2-4-16(13-14)18-9-11-19(12-10-18)25(23,24)17-7-5-15(6-8-17)20(21)22;3-1(4)2(5)6/h5-8,14,16H,2-4,9-13H2,1H3;(H,3,4)(H,5,6). The molecule has 0 amide bonds. The average Bonchev–Trinajstić information content (AvgIpc) is 2.74. The van der Waals surface area contributed by atoms with Crippen LogP contribution < -0.4 is 0 Å². The Hall–Kier alpha value is -2.57. The van der Waals surface area contributed by atoms with Gasteiger partial charge in [0, 0.05) is 44.4 Å². The molecule has 1 aromatic rings. The lowest BCUT2D eigenvalue weighted by Crippen LogP contribution is -2.52. The van der Waals surface area contributed by atoms with Crippen molar-refractivity contribution in [3.05, 3.63) is 34.4 Å². The van der Waals surface area contributed by atoms with Crippen LogP contribution in [0, 0.1) is 16.0 Å².